The van der Waals surface area contributed by atoms with Crippen molar-refractivity contribution in [3.63, 3.8) is 0 Å². The molecule has 0 bridgehead atoms. The number of hydrogen-bond acceptors (Lipinski definition) is 1. The van der Waals surface area contributed by atoms with Crippen LogP contribution in [0.25, 0.3) is 0 Å². The molecule has 0 atom stereocenters. The Bertz CT molecular complexity index is 318. The van der Waals surface area contributed by atoms with Crippen LogP contribution < -0.4 is 5.73 Å². The van der Waals surface area contributed by atoms with E-state index in [0.29, 0.717) is 13.0 Å². The Morgan fingerprint density at radius 1 is 1.36 bits per heavy atom. The van der Waals surface area contributed by atoms with Crippen LogP contribution in [-0.4, -0.2) is 6.54 Å². The Labute approximate surface area is 85.1 Å². The van der Waals surface area contributed by atoms with Gasteiger partial charge in [0.1, 0.15) is 5.82 Å². The van der Waals surface area contributed by atoms with Gasteiger partial charge < -0.3 is 5.73 Å². The maximum atomic E-state index is 13.4. The fraction of sp³-hybridized carbons (Fsp3) is 0.500. The van der Waals surface area contributed by atoms with Crippen LogP contribution in [0.5, 0.6) is 0 Å². The molecular weight excluding hydrogens is 177 g/mol. The molecule has 0 saturated heterocycles. The molecule has 78 valence electrons. The Balaban J connectivity index is 2.91. The molecule has 1 nitrogen and oxygen atoms in total. The second kappa shape index (κ2) is 4.09. The minimum atomic E-state index is -0.128. The average molecular weight is 195 g/mol. The molecule has 0 amide bonds. The van der Waals surface area contributed by atoms with Crippen molar-refractivity contribution in [1.82, 2.24) is 0 Å². The Morgan fingerprint density at radius 2 is 2.00 bits per heavy atom. The highest BCUT2D eigenvalue weighted by Gasteiger charge is 2.18. The first-order chi connectivity index (χ1) is 6.44. The lowest BCUT2D eigenvalue weighted by Crippen LogP contribution is -2.26. The summed E-state index contributed by atoms with van der Waals surface area (Å²) in [5.41, 5.74) is 7.44. The summed E-state index contributed by atoms with van der Waals surface area (Å²) in [6.45, 7) is 6.64. The van der Waals surface area contributed by atoms with Gasteiger partial charge >= 0.3 is 0 Å². The van der Waals surface area contributed by atoms with Gasteiger partial charge in [-0.15, -0.1) is 0 Å². The van der Waals surface area contributed by atoms with E-state index in [1.54, 1.807) is 6.07 Å². The zero-order chi connectivity index (χ0) is 10.8. The molecule has 0 fully saturated rings. The summed E-state index contributed by atoms with van der Waals surface area (Å²) in [5.74, 6) is -0.128. The highest BCUT2D eigenvalue weighted by Crippen LogP contribution is 2.22. The molecule has 1 aromatic carbocycles. The molecule has 14 heavy (non-hydrogen) atoms. The maximum absolute atomic E-state index is 13.4. The minimum absolute atomic E-state index is 0.0331. The van der Waals surface area contributed by atoms with Crippen molar-refractivity contribution in [3.05, 3.63) is 35.1 Å². The van der Waals surface area contributed by atoms with Gasteiger partial charge in [-0.1, -0.05) is 31.5 Å². The molecule has 1 rings (SSSR count). The predicted molar refractivity (Wildman–Crippen MR) is 57.7 cm³/mol. The van der Waals surface area contributed by atoms with Gasteiger partial charge in [-0.25, -0.2) is 4.39 Å². The van der Waals surface area contributed by atoms with E-state index in [-0.39, 0.29) is 11.2 Å². The van der Waals surface area contributed by atoms with Crippen molar-refractivity contribution in [2.24, 2.45) is 11.1 Å². The number of nitrogens with two attached hydrogens (primary N) is 1. The van der Waals surface area contributed by atoms with Gasteiger partial charge in [-0.3, -0.25) is 0 Å². The van der Waals surface area contributed by atoms with Crippen molar-refractivity contribution >= 4 is 0 Å². The number of halogens is 1. The number of benzene rings is 1. The molecule has 1 aromatic rings. The lowest BCUT2D eigenvalue weighted by molar-refractivity contribution is 0.370. The second-order valence-corrected chi connectivity index (χ2v) is 4.64. The van der Waals surface area contributed by atoms with Crippen molar-refractivity contribution in [1.29, 1.82) is 0 Å². The maximum Gasteiger partial charge on any atom is 0.126 e. The van der Waals surface area contributed by atoms with Crippen LogP contribution in [-0.2, 0) is 6.42 Å². The van der Waals surface area contributed by atoms with Gasteiger partial charge in [0, 0.05) is 0 Å². The standard InChI is InChI=1S/C12H18FN/c1-9-4-5-11(13)10(6-9)7-12(2,3)8-14/h4-6H,7-8,14H2,1-3H3. The molecule has 2 N–H and O–H groups in total. The number of aryl methyl sites for hydroxylation is 1. The van der Waals surface area contributed by atoms with Gasteiger partial charge in [0.05, 0.1) is 0 Å². The van der Waals surface area contributed by atoms with Gasteiger partial charge in [-0.2, -0.15) is 0 Å². The molecule has 0 aromatic heterocycles. The largest absolute Gasteiger partial charge is 0.330 e. The third-order valence-corrected chi connectivity index (χ3v) is 2.42. The zero-order valence-electron chi connectivity index (χ0n) is 9.10. The van der Waals surface area contributed by atoms with Crippen LogP contribution in [0.15, 0.2) is 18.2 Å². The van der Waals surface area contributed by atoms with Crippen LogP contribution >= 0.6 is 0 Å². The van der Waals surface area contributed by atoms with E-state index in [0.717, 1.165) is 11.1 Å². The average Bonchev–Trinajstić information content (AvgIpc) is 2.11. The van der Waals surface area contributed by atoms with E-state index in [9.17, 15) is 4.39 Å². The van der Waals surface area contributed by atoms with E-state index in [2.05, 4.69) is 13.8 Å². The van der Waals surface area contributed by atoms with Crippen LogP contribution in [0.2, 0.25) is 0 Å². The second-order valence-electron chi connectivity index (χ2n) is 4.64. The number of hydrogen-bond donors (Lipinski definition) is 1. The summed E-state index contributed by atoms with van der Waals surface area (Å²) in [4.78, 5) is 0. The van der Waals surface area contributed by atoms with E-state index < -0.39 is 0 Å². The van der Waals surface area contributed by atoms with Gasteiger partial charge in [0.25, 0.3) is 0 Å². The van der Waals surface area contributed by atoms with Crippen molar-refractivity contribution < 1.29 is 4.39 Å². The molecule has 0 aliphatic heterocycles. The fourth-order valence-electron chi connectivity index (χ4n) is 1.43. The lowest BCUT2D eigenvalue weighted by atomic mass is 9.85. The Kier molecular flexibility index (Phi) is 3.27. The van der Waals surface area contributed by atoms with E-state index in [1.807, 2.05) is 13.0 Å². The lowest BCUT2D eigenvalue weighted by Gasteiger charge is -2.22. The third kappa shape index (κ3) is 2.81. The number of rotatable bonds is 3. The Hall–Kier alpha value is -0.890. The monoisotopic (exact) mass is 195 g/mol. The van der Waals surface area contributed by atoms with Crippen LogP contribution in [0.3, 0.4) is 0 Å². The van der Waals surface area contributed by atoms with Crippen molar-refractivity contribution in [2.75, 3.05) is 6.54 Å². The molecule has 0 spiro atoms. The Morgan fingerprint density at radius 3 is 2.57 bits per heavy atom. The molecule has 0 aliphatic carbocycles. The van der Waals surface area contributed by atoms with Crippen LogP contribution in [0.4, 0.5) is 4.39 Å². The van der Waals surface area contributed by atoms with Crippen LogP contribution in [0.1, 0.15) is 25.0 Å². The molecule has 0 aliphatic rings. The van der Waals surface area contributed by atoms with Crippen molar-refractivity contribution in [2.45, 2.75) is 27.2 Å². The first-order valence-electron chi connectivity index (χ1n) is 4.90. The van der Waals surface area contributed by atoms with E-state index in [4.69, 9.17) is 5.73 Å². The van der Waals surface area contributed by atoms with Gasteiger partial charge in [0.15, 0.2) is 0 Å². The first kappa shape index (κ1) is 11.2. The SMILES string of the molecule is Cc1ccc(F)c(CC(C)(C)CN)c1. The minimum Gasteiger partial charge on any atom is -0.330 e. The molecule has 0 heterocycles. The normalized spacial score (nSPS) is 11.8. The highest BCUT2D eigenvalue weighted by molar-refractivity contribution is 5.25. The predicted octanol–water partition coefficient (Wildman–Crippen LogP) is 2.66. The summed E-state index contributed by atoms with van der Waals surface area (Å²) in [5, 5.41) is 0. The molecule has 2 heteroatoms. The quantitative estimate of drug-likeness (QED) is 0.788. The summed E-state index contributed by atoms with van der Waals surface area (Å²) < 4.78 is 13.4. The molecule has 0 radical (unpaired) electrons. The van der Waals surface area contributed by atoms with E-state index in [1.165, 1.54) is 6.07 Å². The smallest absolute Gasteiger partial charge is 0.126 e. The summed E-state index contributed by atoms with van der Waals surface area (Å²) in [7, 11) is 0. The van der Waals surface area contributed by atoms with Gasteiger partial charge in [-0.05, 0) is 36.9 Å². The zero-order valence-corrected chi connectivity index (χ0v) is 9.10. The third-order valence-electron chi connectivity index (χ3n) is 2.42. The molecular formula is C12H18FN. The highest BCUT2D eigenvalue weighted by atomic mass is 19.1. The summed E-state index contributed by atoms with van der Waals surface area (Å²) in [6, 6.07) is 5.21. The van der Waals surface area contributed by atoms with E-state index >= 15 is 0 Å². The summed E-state index contributed by atoms with van der Waals surface area (Å²) >= 11 is 0. The van der Waals surface area contributed by atoms with Crippen molar-refractivity contribution in [3.8, 4) is 0 Å². The van der Waals surface area contributed by atoms with Gasteiger partial charge in [0.2, 0.25) is 0 Å². The van der Waals surface area contributed by atoms with Crippen LogP contribution in [0, 0.1) is 18.2 Å². The summed E-state index contributed by atoms with van der Waals surface area (Å²) in [6.07, 6.45) is 0.691. The molecule has 0 saturated carbocycles. The fourth-order valence-corrected chi connectivity index (χ4v) is 1.43. The topological polar surface area (TPSA) is 26.0 Å². The molecule has 0 unspecified atom stereocenters. The first-order valence-corrected chi connectivity index (χ1v) is 4.90.